The molecule has 2 aromatic carbocycles. The lowest BCUT2D eigenvalue weighted by atomic mass is 9.95. The normalized spacial score (nSPS) is 16.7. The molecule has 0 saturated carbocycles. The number of rotatable bonds is 9. The molecule has 0 aromatic heterocycles. The minimum absolute atomic E-state index is 0.0299. The molecule has 31 heavy (non-hydrogen) atoms. The molecule has 0 aliphatic carbocycles. The summed E-state index contributed by atoms with van der Waals surface area (Å²) in [5.74, 6) is -1.51. The van der Waals surface area contributed by atoms with Crippen LogP contribution < -0.4 is 0 Å². The van der Waals surface area contributed by atoms with Crippen molar-refractivity contribution in [2.45, 2.75) is 19.9 Å². The third-order valence-corrected chi connectivity index (χ3v) is 5.53. The quantitative estimate of drug-likeness (QED) is 0.605. The number of hydrogen-bond donors (Lipinski definition) is 2. The monoisotopic (exact) mass is 420 g/mol. The molecule has 162 valence electrons. The number of aromatic hydroxyl groups is 1. The number of carbonyl (C=O) groups is 2. The van der Waals surface area contributed by atoms with Gasteiger partial charge in [-0.3, -0.25) is 9.59 Å². The van der Waals surface area contributed by atoms with Gasteiger partial charge in [-0.05, 0) is 42.4 Å². The molecule has 1 aliphatic rings. The smallest absolute Gasteiger partial charge is 0.290 e. The van der Waals surface area contributed by atoms with E-state index in [2.05, 4.69) is 4.90 Å². The topological polar surface area (TPSA) is 81.1 Å². The van der Waals surface area contributed by atoms with Gasteiger partial charge >= 0.3 is 0 Å². The first-order valence-electron chi connectivity index (χ1n) is 10.5. The van der Waals surface area contributed by atoms with Crippen LogP contribution in [0.2, 0.25) is 0 Å². The van der Waals surface area contributed by atoms with E-state index in [1.54, 1.807) is 18.2 Å². The summed E-state index contributed by atoms with van der Waals surface area (Å²) in [5, 5.41) is 20.6. The first-order valence-corrected chi connectivity index (χ1v) is 10.5. The molecule has 0 saturated heterocycles. The highest BCUT2D eigenvalue weighted by Gasteiger charge is 2.42. The lowest BCUT2D eigenvalue weighted by Crippen LogP contribution is -2.38. The van der Waals surface area contributed by atoms with Gasteiger partial charge in [-0.1, -0.05) is 62.4 Å². The Morgan fingerprint density at radius 2 is 1.77 bits per heavy atom. The van der Waals surface area contributed by atoms with Crippen molar-refractivity contribution in [3.05, 3.63) is 83.1 Å². The Labute approximate surface area is 182 Å². The van der Waals surface area contributed by atoms with Gasteiger partial charge in [0.15, 0.2) is 11.5 Å². The average molecular weight is 421 g/mol. The molecule has 2 aromatic rings. The van der Waals surface area contributed by atoms with Gasteiger partial charge in [0.1, 0.15) is 5.75 Å². The zero-order valence-electron chi connectivity index (χ0n) is 17.9. The van der Waals surface area contributed by atoms with Gasteiger partial charge in [-0.2, -0.15) is 0 Å². The van der Waals surface area contributed by atoms with Crippen LogP contribution >= 0.6 is 0 Å². The van der Waals surface area contributed by atoms with Crippen molar-refractivity contribution in [3.63, 3.8) is 0 Å². The molecule has 0 fully saturated rings. The maximum absolute atomic E-state index is 13.1. The van der Waals surface area contributed by atoms with E-state index in [0.717, 1.165) is 18.7 Å². The van der Waals surface area contributed by atoms with Crippen molar-refractivity contribution in [1.29, 1.82) is 0 Å². The van der Waals surface area contributed by atoms with Gasteiger partial charge in [0.25, 0.3) is 5.91 Å². The first kappa shape index (κ1) is 22.3. The number of amides is 1. The Morgan fingerprint density at radius 3 is 2.42 bits per heavy atom. The van der Waals surface area contributed by atoms with Crippen molar-refractivity contribution in [3.8, 4) is 5.75 Å². The van der Waals surface area contributed by atoms with E-state index in [1.807, 2.05) is 44.2 Å². The second-order valence-corrected chi connectivity index (χ2v) is 7.39. The number of carbonyl (C=O) groups excluding carboxylic acids is 2. The number of benzene rings is 2. The van der Waals surface area contributed by atoms with E-state index >= 15 is 0 Å². The molecule has 0 bridgehead atoms. The standard InChI is InChI=1S/C25H28N2O4/c1-3-26(4-2)15-16-27-23(19-11-8-12-20(28)17-19)22(24(30)25(27)31)21(29)14-13-18-9-6-5-7-10-18/h5-14,17,23,28,30H,3-4,15-16H2,1-2H3. The molecule has 6 heteroatoms. The van der Waals surface area contributed by atoms with Crippen LogP contribution in [0.25, 0.3) is 6.08 Å². The highest BCUT2D eigenvalue weighted by Crippen LogP contribution is 2.38. The lowest BCUT2D eigenvalue weighted by Gasteiger charge is -2.29. The minimum atomic E-state index is -0.761. The molecule has 6 nitrogen and oxygen atoms in total. The van der Waals surface area contributed by atoms with Crippen LogP contribution in [-0.4, -0.2) is 57.9 Å². The number of allylic oxidation sites excluding steroid dienone is 1. The van der Waals surface area contributed by atoms with E-state index in [0.29, 0.717) is 18.7 Å². The molecule has 0 radical (unpaired) electrons. The van der Waals surface area contributed by atoms with E-state index in [9.17, 15) is 19.8 Å². The molecule has 1 heterocycles. The van der Waals surface area contributed by atoms with Crippen molar-refractivity contribution in [2.24, 2.45) is 0 Å². The van der Waals surface area contributed by atoms with Crippen molar-refractivity contribution < 1.29 is 19.8 Å². The van der Waals surface area contributed by atoms with Gasteiger partial charge in [0, 0.05) is 13.1 Å². The summed E-state index contributed by atoms with van der Waals surface area (Å²) >= 11 is 0. The third-order valence-electron chi connectivity index (χ3n) is 5.53. The molecule has 2 N–H and O–H groups in total. The second kappa shape index (κ2) is 10.1. The number of hydrogen-bond acceptors (Lipinski definition) is 5. The predicted octanol–water partition coefficient (Wildman–Crippen LogP) is 3.71. The summed E-state index contributed by atoms with van der Waals surface area (Å²) in [6, 6.07) is 15.0. The number of nitrogens with zero attached hydrogens (tertiary/aromatic N) is 2. The molecule has 1 amide bonds. The van der Waals surface area contributed by atoms with Gasteiger partial charge in [0.2, 0.25) is 0 Å². The van der Waals surface area contributed by atoms with E-state index < -0.39 is 23.5 Å². The van der Waals surface area contributed by atoms with Crippen molar-refractivity contribution >= 4 is 17.8 Å². The van der Waals surface area contributed by atoms with E-state index in [1.165, 1.54) is 23.1 Å². The number of phenolic OH excluding ortho intramolecular Hbond substituents is 1. The van der Waals surface area contributed by atoms with Crippen LogP contribution in [0, 0.1) is 0 Å². The summed E-state index contributed by atoms with van der Waals surface area (Å²) in [6.45, 7) is 6.72. The summed E-state index contributed by atoms with van der Waals surface area (Å²) in [4.78, 5) is 29.7. The minimum Gasteiger partial charge on any atom is -0.508 e. The van der Waals surface area contributed by atoms with Crippen LogP contribution in [0.15, 0.2) is 72.0 Å². The second-order valence-electron chi connectivity index (χ2n) is 7.39. The lowest BCUT2D eigenvalue weighted by molar-refractivity contribution is -0.129. The predicted molar refractivity (Wildman–Crippen MR) is 120 cm³/mol. The number of phenols is 1. The van der Waals surface area contributed by atoms with Crippen molar-refractivity contribution in [2.75, 3.05) is 26.2 Å². The number of likely N-dealkylation sites (N-methyl/N-ethyl adjacent to an activating group) is 1. The Balaban J connectivity index is 1.95. The Morgan fingerprint density at radius 1 is 1.06 bits per heavy atom. The summed E-state index contributed by atoms with van der Waals surface area (Å²) in [5.41, 5.74) is 1.45. The zero-order valence-corrected chi connectivity index (χ0v) is 17.9. The first-order chi connectivity index (χ1) is 15.0. The summed E-state index contributed by atoms with van der Waals surface area (Å²) < 4.78 is 0. The molecule has 1 aliphatic heterocycles. The van der Waals surface area contributed by atoms with Crippen molar-refractivity contribution in [1.82, 2.24) is 9.80 Å². The van der Waals surface area contributed by atoms with E-state index in [4.69, 9.17) is 0 Å². The average Bonchev–Trinajstić information content (AvgIpc) is 3.04. The van der Waals surface area contributed by atoms with Crippen LogP contribution in [0.3, 0.4) is 0 Å². The SMILES string of the molecule is CCN(CC)CCN1C(=O)C(O)=C(C(=O)C=Cc2ccccc2)C1c1cccc(O)c1. The van der Waals surface area contributed by atoms with Gasteiger partial charge in [-0.25, -0.2) is 0 Å². The molecular weight excluding hydrogens is 392 g/mol. The maximum Gasteiger partial charge on any atom is 0.290 e. The maximum atomic E-state index is 13.1. The molecule has 1 atom stereocenters. The zero-order chi connectivity index (χ0) is 22.4. The molecule has 0 spiro atoms. The fraction of sp³-hybridized carbons (Fsp3) is 0.280. The Kier molecular flexibility index (Phi) is 7.26. The van der Waals surface area contributed by atoms with Crippen LogP contribution in [0.5, 0.6) is 5.75 Å². The van der Waals surface area contributed by atoms with Gasteiger partial charge < -0.3 is 20.0 Å². The highest BCUT2D eigenvalue weighted by molar-refractivity contribution is 6.14. The number of aliphatic hydroxyl groups is 1. The largest absolute Gasteiger partial charge is 0.508 e. The van der Waals surface area contributed by atoms with E-state index in [-0.39, 0.29) is 11.3 Å². The number of ketones is 1. The van der Waals surface area contributed by atoms with Crippen LogP contribution in [0.1, 0.15) is 31.0 Å². The fourth-order valence-corrected chi connectivity index (χ4v) is 3.79. The van der Waals surface area contributed by atoms with Crippen LogP contribution in [-0.2, 0) is 9.59 Å². The molecule has 1 unspecified atom stereocenters. The number of aliphatic hydroxyl groups excluding tert-OH is 1. The summed E-state index contributed by atoms with van der Waals surface area (Å²) in [7, 11) is 0. The Hall–Kier alpha value is -3.38. The van der Waals surface area contributed by atoms with Gasteiger partial charge in [0.05, 0.1) is 11.6 Å². The fourth-order valence-electron chi connectivity index (χ4n) is 3.79. The Bertz CT molecular complexity index is 994. The van der Waals surface area contributed by atoms with Gasteiger partial charge in [-0.15, -0.1) is 0 Å². The summed E-state index contributed by atoms with van der Waals surface area (Å²) in [6.07, 6.45) is 3.03. The molecular formula is C25H28N2O4. The van der Waals surface area contributed by atoms with Crippen LogP contribution in [0.4, 0.5) is 0 Å². The molecule has 3 rings (SSSR count). The highest BCUT2D eigenvalue weighted by atomic mass is 16.3. The third kappa shape index (κ3) is 5.03.